The van der Waals surface area contributed by atoms with Gasteiger partial charge in [0.25, 0.3) is 0 Å². The van der Waals surface area contributed by atoms with Gasteiger partial charge in [-0.25, -0.2) is 0 Å². The average Bonchev–Trinajstić information content (AvgIpc) is 2.35. The maximum Gasteiger partial charge on any atom is 0.145 e. The molecule has 4 heteroatoms. The first-order valence-corrected chi connectivity index (χ1v) is 5.05. The summed E-state index contributed by atoms with van der Waals surface area (Å²) in [6.07, 6.45) is 1.40. The summed E-state index contributed by atoms with van der Waals surface area (Å²) in [6.45, 7) is 3.91. The molecule has 1 rings (SSSR count). The molecule has 0 fully saturated rings. The van der Waals surface area contributed by atoms with Crippen molar-refractivity contribution in [2.75, 3.05) is 12.4 Å². The Bertz CT molecular complexity index is 517. The van der Waals surface area contributed by atoms with Crippen LogP contribution >= 0.6 is 0 Å². The normalized spacial score (nSPS) is 8.76. The summed E-state index contributed by atoms with van der Waals surface area (Å²) in [4.78, 5) is 0. The lowest BCUT2D eigenvalue weighted by molar-refractivity contribution is 0.411. The lowest BCUT2D eigenvalue weighted by atomic mass is 10.1. The Morgan fingerprint density at radius 3 is 2.41 bits per heavy atom. The molecule has 1 aromatic rings. The van der Waals surface area contributed by atoms with E-state index >= 15 is 0 Å². The van der Waals surface area contributed by atoms with E-state index in [2.05, 4.69) is 5.32 Å². The van der Waals surface area contributed by atoms with Crippen molar-refractivity contribution in [3.05, 3.63) is 35.0 Å². The lowest BCUT2D eigenvalue weighted by Gasteiger charge is -2.12. The average molecular weight is 227 g/mol. The summed E-state index contributed by atoms with van der Waals surface area (Å²) >= 11 is 0. The van der Waals surface area contributed by atoms with Gasteiger partial charge in [-0.1, -0.05) is 0 Å². The van der Waals surface area contributed by atoms with Crippen LogP contribution in [0.5, 0.6) is 5.75 Å². The van der Waals surface area contributed by atoms with Gasteiger partial charge in [0.2, 0.25) is 0 Å². The minimum Gasteiger partial charge on any atom is -0.496 e. The van der Waals surface area contributed by atoms with E-state index in [9.17, 15) is 0 Å². The molecule has 0 unspecified atom stereocenters. The summed E-state index contributed by atoms with van der Waals surface area (Å²) in [5, 5.41) is 20.2. The number of nitriles is 2. The molecule has 1 N–H and O–H groups in total. The Hall–Kier alpha value is -2.46. The van der Waals surface area contributed by atoms with Crippen molar-refractivity contribution in [1.29, 1.82) is 10.5 Å². The Balaban J connectivity index is 3.03. The van der Waals surface area contributed by atoms with Crippen molar-refractivity contribution in [3.63, 3.8) is 0 Å². The Labute approximate surface area is 101 Å². The second-order valence-electron chi connectivity index (χ2n) is 3.49. The summed E-state index contributed by atoms with van der Waals surface area (Å²) in [7, 11) is 1.62. The van der Waals surface area contributed by atoms with Gasteiger partial charge in [0.1, 0.15) is 23.5 Å². The van der Waals surface area contributed by atoms with E-state index in [0.29, 0.717) is 0 Å². The molecule has 0 saturated carbocycles. The topological polar surface area (TPSA) is 68.8 Å². The van der Waals surface area contributed by atoms with E-state index in [1.807, 2.05) is 26.0 Å². The highest BCUT2D eigenvalue weighted by Crippen LogP contribution is 2.27. The third kappa shape index (κ3) is 2.76. The fourth-order valence-electron chi connectivity index (χ4n) is 1.41. The number of anilines is 1. The standard InChI is InChI=1S/C13H13N3O/c1-9-10(2)13(17-3)5-4-12(9)16-8-11(6-14)7-15/h4-5,8,16H,1-3H3. The maximum atomic E-state index is 8.61. The number of nitrogens with one attached hydrogen (secondary N) is 1. The first-order valence-electron chi connectivity index (χ1n) is 5.05. The van der Waals surface area contributed by atoms with Crippen LogP contribution in [0.25, 0.3) is 0 Å². The van der Waals surface area contributed by atoms with Gasteiger partial charge in [-0.3, -0.25) is 0 Å². The van der Waals surface area contributed by atoms with Crippen LogP contribution in [-0.2, 0) is 0 Å². The minimum atomic E-state index is 0.0397. The number of methoxy groups -OCH3 is 1. The monoisotopic (exact) mass is 227 g/mol. The molecule has 86 valence electrons. The second-order valence-corrected chi connectivity index (χ2v) is 3.49. The molecule has 0 spiro atoms. The largest absolute Gasteiger partial charge is 0.496 e. The molecule has 17 heavy (non-hydrogen) atoms. The molecule has 0 amide bonds. The first kappa shape index (κ1) is 12.6. The quantitative estimate of drug-likeness (QED) is 0.806. The minimum absolute atomic E-state index is 0.0397. The molecule has 0 aliphatic heterocycles. The van der Waals surface area contributed by atoms with Gasteiger partial charge in [0.05, 0.1) is 7.11 Å². The van der Waals surface area contributed by atoms with Gasteiger partial charge >= 0.3 is 0 Å². The zero-order valence-corrected chi connectivity index (χ0v) is 10.0. The predicted molar refractivity (Wildman–Crippen MR) is 65.4 cm³/mol. The number of hydrogen-bond donors (Lipinski definition) is 1. The molecule has 0 radical (unpaired) electrons. The molecular weight excluding hydrogens is 214 g/mol. The van der Waals surface area contributed by atoms with Gasteiger partial charge in [0.15, 0.2) is 0 Å². The third-order valence-corrected chi connectivity index (χ3v) is 2.57. The number of hydrogen-bond acceptors (Lipinski definition) is 4. The lowest BCUT2D eigenvalue weighted by Crippen LogP contribution is -1.97. The van der Waals surface area contributed by atoms with E-state index in [4.69, 9.17) is 15.3 Å². The van der Waals surface area contributed by atoms with Crippen molar-refractivity contribution in [2.45, 2.75) is 13.8 Å². The molecule has 0 aromatic heterocycles. The van der Waals surface area contributed by atoms with Crippen molar-refractivity contribution >= 4 is 5.69 Å². The van der Waals surface area contributed by atoms with E-state index < -0.39 is 0 Å². The summed E-state index contributed by atoms with van der Waals surface area (Å²) in [6, 6.07) is 7.28. The van der Waals surface area contributed by atoms with Gasteiger partial charge in [-0.05, 0) is 37.1 Å². The van der Waals surface area contributed by atoms with E-state index in [0.717, 1.165) is 22.6 Å². The summed E-state index contributed by atoms with van der Waals surface area (Å²) in [5.74, 6) is 0.817. The van der Waals surface area contributed by atoms with E-state index in [1.165, 1.54) is 6.20 Å². The fourth-order valence-corrected chi connectivity index (χ4v) is 1.41. The molecular formula is C13H13N3O. The first-order chi connectivity index (χ1) is 8.13. The predicted octanol–water partition coefficient (Wildman–Crippen LogP) is 2.66. The Morgan fingerprint density at radius 1 is 1.24 bits per heavy atom. The van der Waals surface area contributed by atoms with E-state index in [1.54, 1.807) is 19.2 Å². The van der Waals surface area contributed by atoms with E-state index in [-0.39, 0.29) is 5.57 Å². The highest BCUT2D eigenvalue weighted by Gasteiger charge is 2.05. The van der Waals surface area contributed by atoms with Crippen LogP contribution < -0.4 is 10.1 Å². The Kier molecular flexibility index (Phi) is 4.14. The van der Waals surface area contributed by atoms with Gasteiger partial charge in [-0.2, -0.15) is 10.5 Å². The highest BCUT2D eigenvalue weighted by molar-refractivity contribution is 5.60. The smallest absolute Gasteiger partial charge is 0.145 e. The van der Waals surface area contributed by atoms with Gasteiger partial charge < -0.3 is 10.1 Å². The number of allylic oxidation sites excluding steroid dienone is 1. The van der Waals surface area contributed by atoms with Crippen LogP contribution in [0.1, 0.15) is 11.1 Å². The zero-order chi connectivity index (χ0) is 12.8. The molecule has 0 aliphatic rings. The maximum absolute atomic E-state index is 8.61. The van der Waals surface area contributed by atoms with Crippen molar-refractivity contribution < 1.29 is 4.74 Å². The fraction of sp³-hybridized carbons (Fsp3) is 0.231. The molecule has 0 aliphatic carbocycles. The van der Waals surface area contributed by atoms with Gasteiger partial charge in [0, 0.05) is 11.9 Å². The second kappa shape index (κ2) is 5.58. The molecule has 0 atom stereocenters. The molecule has 0 heterocycles. The SMILES string of the molecule is COc1ccc(NC=C(C#N)C#N)c(C)c1C. The van der Waals surface area contributed by atoms with Gasteiger partial charge in [-0.15, -0.1) is 0 Å². The van der Waals surface area contributed by atoms with Crippen LogP contribution in [0.2, 0.25) is 0 Å². The number of benzene rings is 1. The van der Waals surface area contributed by atoms with Crippen LogP contribution in [0, 0.1) is 36.5 Å². The van der Waals surface area contributed by atoms with Crippen molar-refractivity contribution in [2.24, 2.45) is 0 Å². The van der Waals surface area contributed by atoms with Crippen molar-refractivity contribution in [1.82, 2.24) is 0 Å². The number of ether oxygens (including phenoxy) is 1. The Morgan fingerprint density at radius 2 is 1.88 bits per heavy atom. The summed E-state index contributed by atoms with van der Waals surface area (Å²) in [5.41, 5.74) is 2.95. The van der Waals surface area contributed by atoms with Crippen LogP contribution in [0.3, 0.4) is 0 Å². The van der Waals surface area contributed by atoms with Crippen LogP contribution in [0.15, 0.2) is 23.9 Å². The summed E-state index contributed by atoms with van der Waals surface area (Å²) < 4.78 is 5.20. The number of rotatable bonds is 3. The molecule has 0 saturated heterocycles. The number of nitrogens with zero attached hydrogens (tertiary/aromatic N) is 2. The third-order valence-electron chi connectivity index (χ3n) is 2.57. The van der Waals surface area contributed by atoms with Crippen LogP contribution in [-0.4, -0.2) is 7.11 Å². The molecule has 0 bridgehead atoms. The zero-order valence-electron chi connectivity index (χ0n) is 10.0. The van der Waals surface area contributed by atoms with Crippen LogP contribution in [0.4, 0.5) is 5.69 Å². The molecule has 1 aromatic carbocycles. The molecule has 4 nitrogen and oxygen atoms in total. The highest BCUT2D eigenvalue weighted by atomic mass is 16.5. The van der Waals surface area contributed by atoms with Crippen molar-refractivity contribution in [3.8, 4) is 17.9 Å².